The molecule has 102 valence electrons. The highest BCUT2D eigenvalue weighted by molar-refractivity contribution is 8.00. The third-order valence-electron chi connectivity index (χ3n) is 3.70. The number of thioether (sulfide) groups is 1. The van der Waals surface area contributed by atoms with Crippen LogP contribution in [0.5, 0.6) is 0 Å². The van der Waals surface area contributed by atoms with Gasteiger partial charge < -0.3 is 0 Å². The van der Waals surface area contributed by atoms with Gasteiger partial charge in [-0.05, 0) is 25.5 Å². The lowest BCUT2D eigenvalue weighted by atomic mass is 10.2. The van der Waals surface area contributed by atoms with E-state index in [4.69, 9.17) is 0 Å². The Labute approximate surface area is 117 Å². The van der Waals surface area contributed by atoms with Gasteiger partial charge >= 0.3 is 0 Å². The van der Waals surface area contributed by atoms with Gasteiger partial charge in [0.25, 0.3) is 0 Å². The number of Topliss-reactive ketones (excluding diaryl/α,β-unsaturated/α-hetero) is 1. The van der Waals surface area contributed by atoms with Crippen LogP contribution in [-0.4, -0.2) is 42.1 Å². The Kier molecular flexibility index (Phi) is 3.19. The molecule has 2 bridgehead atoms. The van der Waals surface area contributed by atoms with Crippen LogP contribution in [0.15, 0.2) is 29.2 Å². The minimum atomic E-state index is -3.46. The maximum atomic E-state index is 12.6. The summed E-state index contributed by atoms with van der Waals surface area (Å²) in [6, 6.07) is 6.46. The van der Waals surface area contributed by atoms with Gasteiger partial charge in [-0.1, -0.05) is 12.1 Å². The van der Waals surface area contributed by atoms with E-state index in [9.17, 15) is 13.2 Å². The lowest BCUT2D eigenvalue weighted by molar-refractivity contribution is 0.101. The first-order chi connectivity index (χ1) is 8.98. The van der Waals surface area contributed by atoms with Crippen molar-refractivity contribution in [1.82, 2.24) is 4.31 Å². The van der Waals surface area contributed by atoms with Gasteiger partial charge in [0, 0.05) is 29.2 Å². The van der Waals surface area contributed by atoms with Gasteiger partial charge in [0.05, 0.1) is 4.90 Å². The molecule has 0 aliphatic carbocycles. The monoisotopic (exact) mass is 297 g/mol. The average Bonchev–Trinajstić information content (AvgIpc) is 3.01. The SMILES string of the molecule is CC(=O)c1cccc(S(=O)(=O)N2CC3CC2CS3)c1. The molecular formula is C13H15NO3S2. The Morgan fingerprint density at radius 3 is 2.79 bits per heavy atom. The van der Waals surface area contributed by atoms with Gasteiger partial charge in [-0.25, -0.2) is 8.42 Å². The average molecular weight is 297 g/mol. The van der Waals surface area contributed by atoms with Crippen molar-refractivity contribution in [3.8, 4) is 0 Å². The van der Waals surface area contributed by atoms with Gasteiger partial charge in [-0.2, -0.15) is 16.1 Å². The van der Waals surface area contributed by atoms with Gasteiger partial charge in [0.2, 0.25) is 10.0 Å². The molecule has 3 rings (SSSR count). The number of carbonyl (C=O) groups excluding carboxylic acids is 1. The molecule has 0 N–H and O–H groups in total. The fourth-order valence-corrected chi connectivity index (χ4v) is 6.02. The maximum Gasteiger partial charge on any atom is 0.243 e. The standard InChI is InChI=1S/C13H15NO3S2/c1-9(15)10-3-2-4-13(5-10)19(16,17)14-7-12-6-11(14)8-18-12/h2-5,11-12H,6-8H2,1H3. The van der Waals surface area contributed by atoms with Crippen molar-refractivity contribution in [1.29, 1.82) is 0 Å². The number of sulfonamides is 1. The van der Waals surface area contributed by atoms with Crippen LogP contribution < -0.4 is 0 Å². The summed E-state index contributed by atoms with van der Waals surface area (Å²) >= 11 is 1.86. The molecule has 0 amide bonds. The van der Waals surface area contributed by atoms with Crippen molar-refractivity contribution in [2.45, 2.75) is 29.5 Å². The highest BCUT2D eigenvalue weighted by Crippen LogP contribution is 2.40. The molecule has 4 nitrogen and oxygen atoms in total. The first-order valence-electron chi connectivity index (χ1n) is 6.23. The maximum absolute atomic E-state index is 12.6. The van der Waals surface area contributed by atoms with E-state index in [1.807, 2.05) is 11.8 Å². The Bertz CT molecular complexity index is 627. The summed E-state index contributed by atoms with van der Waals surface area (Å²) in [5.74, 6) is 0.770. The number of hydrogen-bond donors (Lipinski definition) is 0. The van der Waals surface area contributed by atoms with E-state index in [-0.39, 0.29) is 16.7 Å². The second-order valence-corrected chi connectivity index (χ2v) is 8.23. The predicted molar refractivity (Wildman–Crippen MR) is 75.0 cm³/mol. The van der Waals surface area contributed by atoms with Crippen molar-refractivity contribution in [3.63, 3.8) is 0 Å². The summed E-state index contributed by atoms with van der Waals surface area (Å²) in [6.45, 7) is 2.04. The van der Waals surface area contributed by atoms with Crippen LogP contribution in [0.25, 0.3) is 0 Å². The highest BCUT2D eigenvalue weighted by atomic mass is 32.2. The number of nitrogens with zero attached hydrogens (tertiary/aromatic N) is 1. The van der Waals surface area contributed by atoms with Crippen molar-refractivity contribution < 1.29 is 13.2 Å². The molecule has 2 aliphatic rings. The summed E-state index contributed by atoms with van der Waals surface area (Å²) in [5, 5.41) is 0.441. The largest absolute Gasteiger partial charge is 0.295 e. The number of benzene rings is 1. The number of hydrogen-bond acceptors (Lipinski definition) is 4. The van der Waals surface area contributed by atoms with Gasteiger partial charge in [0.15, 0.2) is 5.78 Å². The van der Waals surface area contributed by atoms with Crippen molar-refractivity contribution in [2.75, 3.05) is 12.3 Å². The Balaban J connectivity index is 1.96. The molecule has 2 heterocycles. The number of rotatable bonds is 3. The first kappa shape index (κ1) is 13.1. The molecule has 2 fully saturated rings. The van der Waals surface area contributed by atoms with Crippen LogP contribution >= 0.6 is 11.8 Å². The van der Waals surface area contributed by atoms with Crippen LogP contribution in [0.2, 0.25) is 0 Å². The summed E-state index contributed by atoms with van der Waals surface area (Å²) in [6.07, 6.45) is 0.955. The third-order valence-corrected chi connectivity index (χ3v) is 7.00. The summed E-state index contributed by atoms with van der Waals surface area (Å²) in [4.78, 5) is 11.6. The number of carbonyl (C=O) groups is 1. The van der Waals surface area contributed by atoms with E-state index in [2.05, 4.69) is 0 Å². The van der Waals surface area contributed by atoms with Crippen LogP contribution in [0.3, 0.4) is 0 Å². The topological polar surface area (TPSA) is 54.5 Å². The molecular weight excluding hydrogens is 282 g/mol. The Hall–Kier alpha value is -0.850. The number of fused-ring (bicyclic) bond motifs is 2. The Morgan fingerprint density at radius 2 is 2.21 bits per heavy atom. The van der Waals surface area contributed by atoms with Crippen LogP contribution in [0.1, 0.15) is 23.7 Å². The minimum absolute atomic E-state index is 0.115. The molecule has 19 heavy (non-hydrogen) atoms. The lowest BCUT2D eigenvalue weighted by Crippen LogP contribution is -2.39. The van der Waals surface area contributed by atoms with Crippen molar-refractivity contribution in [3.05, 3.63) is 29.8 Å². The molecule has 2 unspecified atom stereocenters. The van der Waals surface area contributed by atoms with Crippen LogP contribution in [0.4, 0.5) is 0 Å². The van der Waals surface area contributed by atoms with E-state index in [1.165, 1.54) is 13.0 Å². The third kappa shape index (κ3) is 2.22. The van der Waals surface area contributed by atoms with Crippen molar-refractivity contribution >= 4 is 27.6 Å². The molecule has 0 saturated carbocycles. The minimum Gasteiger partial charge on any atom is -0.295 e. The normalized spacial score (nSPS) is 26.8. The first-order valence-corrected chi connectivity index (χ1v) is 8.72. The molecule has 2 saturated heterocycles. The molecule has 0 radical (unpaired) electrons. The van der Waals surface area contributed by atoms with Crippen molar-refractivity contribution in [2.24, 2.45) is 0 Å². The summed E-state index contributed by atoms with van der Waals surface area (Å²) in [7, 11) is -3.46. The van der Waals surface area contributed by atoms with Gasteiger partial charge in [-0.15, -0.1) is 0 Å². The molecule has 0 aromatic heterocycles. The fraction of sp³-hybridized carbons (Fsp3) is 0.462. The van der Waals surface area contributed by atoms with E-state index < -0.39 is 10.0 Å². The van der Waals surface area contributed by atoms with E-state index in [0.29, 0.717) is 17.4 Å². The fourth-order valence-electron chi connectivity index (χ4n) is 2.67. The van der Waals surface area contributed by atoms with E-state index >= 15 is 0 Å². The molecule has 1 aromatic carbocycles. The zero-order valence-corrected chi connectivity index (χ0v) is 12.2. The van der Waals surface area contributed by atoms with Gasteiger partial charge in [0.1, 0.15) is 0 Å². The highest BCUT2D eigenvalue weighted by Gasteiger charge is 2.44. The van der Waals surface area contributed by atoms with Gasteiger partial charge in [-0.3, -0.25) is 4.79 Å². The predicted octanol–water partition coefficient (Wildman–Crippen LogP) is 1.77. The molecule has 2 aliphatic heterocycles. The number of ketones is 1. The summed E-state index contributed by atoms with van der Waals surface area (Å²) < 4.78 is 26.8. The second kappa shape index (κ2) is 4.61. The molecule has 2 atom stereocenters. The molecule has 1 aromatic rings. The quantitative estimate of drug-likeness (QED) is 0.798. The lowest BCUT2D eigenvalue weighted by Gasteiger charge is -2.25. The van der Waals surface area contributed by atoms with Crippen LogP contribution in [0, 0.1) is 0 Å². The smallest absolute Gasteiger partial charge is 0.243 e. The summed E-state index contributed by atoms with van der Waals surface area (Å²) in [5.41, 5.74) is 0.444. The van der Waals surface area contributed by atoms with E-state index in [1.54, 1.807) is 22.5 Å². The zero-order chi connectivity index (χ0) is 13.6. The van der Waals surface area contributed by atoms with E-state index in [0.717, 1.165) is 12.2 Å². The molecule has 6 heteroatoms. The zero-order valence-electron chi connectivity index (χ0n) is 10.6. The second-order valence-electron chi connectivity index (χ2n) is 5.00. The Morgan fingerprint density at radius 1 is 1.42 bits per heavy atom. The molecule has 0 spiro atoms. The van der Waals surface area contributed by atoms with Crippen LogP contribution in [-0.2, 0) is 10.0 Å².